The van der Waals surface area contributed by atoms with Gasteiger partial charge in [0.1, 0.15) is 11.5 Å². The van der Waals surface area contributed by atoms with Crippen LogP contribution in [0.3, 0.4) is 0 Å². The van der Waals surface area contributed by atoms with Crippen LogP contribution in [0.25, 0.3) is 22.2 Å². The van der Waals surface area contributed by atoms with E-state index in [2.05, 4.69) is 30.0 Å². The third-order valence-corrected chi connectivity index (χ3v) is 7.14. The molecule has 0 fully saturated rings. The Balaban J connectivity index is 1.65. The zero-order valence-corrected chi connectivity index (χ0v) is 21.9. The molecular weight excluding hydrogens is 516 g/mol. The highest BCUT2D eigenvalue weighted by molar-refractivity contribution is 7.92. The van der Waals surface area contributed by atoms with Gasteiger partial charge in [0.25, 0.3) is 0 Å². The fourth-order valence-corrected chi connectivity index (χ4v) is 4.90. The lowest BCUT2D eigenvalue weighted by Gasteiger charge is -2.11. The van der Waals surface area contributed by atoms with Crippen LogP contribution in [0.5, 0.6) is 0 Å². The van der Waals surface area contributed by atoms with Crippen LogP contribution in [0.1, 0.15) is 29.3 Å². The molecule has 0 bridgehead atoms. The molecule has 0 saturated heterocycles. The van der Waals surface area contributed by atoms with Gasteiger partial charge in [-0.3, -0.25) is 9.52 Å². The fraction of sp³-hybridized carbons (Fsp3) is 0.280. The molecule has 0 aliphatic carbocycles. The molecule has 0 radical (unpaired) electrons. The van der Waals surface area contributed by atoms with Crippen molar-refractivity contribution in [1.29, 1.82) is 0 Å². The first-order chi connectivity index (χ1) is 18.1. The first kappa shape index (κ1) is 27.1. The van der Waals surface area contributed by atoms with Crippen LogP contribution in [-0.4, -0.2) is 72.0 Å². The normalized spacial score (nSPS) is 11.7. The zero-order chi connectivity index (χ0) is 27.4. The van der Waals surface area contributed by atoms with Gasteiger partial charge in [0.05, 0.1) is 17.0 Å². The molecule has 0 amide bonds. The van der Waals surface area contributed by atoms with Crippen LogP contribution in [0, 0.1) is 11.6 Å². The van der Waals surface area contributed by atoms with Gasteiger partial charge < -0.3 is 15.2 Å². The quantitative estimate of drug-likeness (QED) is 0.244. The molecule has 200 valence electrons. The van der Waals surface area contributed by atoms with Gasteiger partial charge >= 0.3 is 0 Å². The van der Waals surface area contributed by atoms with Gasteiger partial charge in [0.15, 0.2) is 5.82 Å². The standard InChI is InChI=1S/C25H27F2N7O3S/c1-4-9-38(36,37)33-20-6-5-19(26)21(22(20)27)23(35)18-14-30-24-17(18)10-15(11-29-24)16-12-31-25(32-13-16)28-7-8-34(2)3/h5-6,10-14,33H,4,7-9H2,1-3H3,(H,29,30)(H,28,31,32). The Labute approximate surface area is 218 Å². The number of nitrogens with zero attached hydrogens (tertiary/aromatic N) is 4. The SMILES string of the molecule is CCCS(=O)(=O)Nc1ccc(F)c(C(=O)c2c[nH]c3ncc(-c4cnc(NCCN(C)C)nc4)cc23)c1F. The monoisotopic (exact) mass is 543 g/mol. The number of sulfonamides is 1. The maximum atomic E-state index is 15.2. The molecule has 13 heteroatoms. The van der Waals surface area contributed by atoms with E-state index in [4.69, 9.17) is 0 Å². The lowest BCUT2D eigenvalue weighted by atomic mass is 10.0. The van der Waals surface area contributed by atoms with Gasteiger partial charge in [-0.15, -0.1) is 0 Å². The first-order valence-corrected chi connectivity index (χ1v) is 13.5. The summed E-state index contributed by atoms with van der Waals surface area (Å²) in [6, 6.07) is 3.44. The first-order valence-electron chi connectivity index (χ1n) is 11.8. The molecule has 0 spiro atoms. The number of rotatable bonds is 11. The lowest BCUT2D eigenvalue weighted by Crippen LogP contribution is -2.21. The summed E-state index contributed by atoms with van der Waals surface area (Å²) < 4.78 is 56.2. The van der Waals surface area contributed by atoms with Crippen molar-refractivity contribution in [3.8, 4) is 11.1 Å². The minimum atomic E-state index is -3.86. The topological polar surface area (TPSA) is 133 Å². The summed E-state index contributed by atoms with van der Waals surface area (Å²) >= 11 is 0. The molecule has 1 aromatic carbocycles. The highest BCUT2D eigenvalue weighted by Gasteiger charge is 2.26. The molecule has 0 saturated carbocycles. The largest absolute Gasteiger partial charge is 0.353 e. The van der Waals surface area contributed by atoms with E-state index in [0.29, 0.717) is 41.1 Å². The van der Waals surface area contributed by atoms with Crippen molar-refractivity contribution < 1.29 is 22.0 Å². The van der Waals surface area contributed by atoms with Crippen molar-refractivity contribution >= 4 is 38.5 Å². The Hall–Kier alpha value is -3.97. The van der Waals surface area contributed by atoms with Gasteiger partial charge in [0.2, 0.25) is 21.8 Å². The number of nitrogens with one attached hydrogen (secondary N) is 3. The summed E-state index contributed by atoms with van der Waals surface area (Å²) in [6.07, 6.45) is 6.38. The molecule has 3 aromatic heterocycles. The second-order valence-corrected chi connectivity index (χ2v) is 10.7. The van der Waals surface area contributed by atoms with Crippen LogP contribution >= 0.6 is 0 Å². The summed E-state index contributed by atoms with van der Waals surface area (Å²) in [6.45, 7) is 3.13. The Kier molecular flexibility index (Phi) is 7.97. The van der Waals surface area contributed by atoms with Gasteiger partial charge in [-0.05, 0) is 38.7 Å². The predicted molar refractivity (Wildman–Crippen MR) is 142 cm³/mol. The fourth-order valence-electron chi connectivity index (χ4n) is 3.77. The summed E-state index contributed by atoms with van der Waals surface area (Å²) in [5.74, 6) is -3.16. The second kappa shape index (κ2) is 11.2. The van der Waals surface area contributed by atoms with Crippen LogP contribution in [0.15, 0.2) is 43.0 Å². The Morgan fingerprint density at radius 3 is 2.47 bits per heavy atom. The number of ketones is 1. The third-order valence-electron chi connectivity index (χ3n) is 5.66. The van der Waals surface area contributed by atoms with E-state index in [-0.39, 0.29) is 11.3 Å². The number of anilines is 2. The van der Waals surface area contributed by atoms with E-state index in [9.17, 15) is 17.6 Å². The Morgan fingerprint density at radius 1 is 1.08 bits per heavy atom. The number of likely N-dealkylation sites (N-methyl/N-ethyl adjacent to an activating group) is 1. The van der Waals surface area contributed by atoms with Gasteiger partial charge in [-0.1, -0.05) is 6.92 Å². The molecule has 38 heavy (non-hydrogen) atoms. The number of aromatic amines is 1. The van der Waals surface area contributed by atoms with Crippen molar-refractivity contribution in [3.63, 3.8) is 0 Å². The van der Waals surface area contributed by atoms with E-state index in [1.165, 1.54) is 6.20 Å². The van der Waals surface area contributed by atoms with E-state index in [0.717, 1.165) is 18.7 Å². The average Bonchev–Trinajstić information content (AvgIpc) is 3.29. The molecule has 4 aromatic rings. The number of hydrogen-bond acceptors (Lipinski definition) is 8. The lowest BCUT2D eigenvalue weighted by molar-refractivity contribution is 0.103. The molecular formula is C25H27F2N7O3S. The minimum Gasteiger partial charge on any atom is -0.353 e. The highest BCUT2D eigenvalue weighted by atomic mass is 32.2. The van der Waals surface area contributed by atoms with Crippen molar-refractivity contribution in [2.45, 2.75) is 13.3 Å². The molecule has 0 aliphatic heterocycles. The van der Waals surface area contributed by atoms with Crippen molar-refractivity contribution in [1.82, 2.24) is 24.8 Å². The number of aromatic nitrogens is 4. The maximum Gasteiger partial charge on any atom is 0.232 e. The molecule has 0 aliphatic rings. The van der Waals surface area contributed by atoms with Crippen molar-refractivity contribution in [2.24, 2.45) is 0 Å². The number of halogens is 2. The summed E-state index contributed by atoms with van der Waals surface area (Å²) in [5.41, 5.74) is 0.154. The van der Waals surface area contributed by atoms with E-state index < -0.39 is 38.7 Å². The predicted octanol–water partition coefficient (Wildman–Crippen LogP) is 3.65. The summed E-state index contributed by atoms with van der Waals surface area (Å²) in [5, 5.41) is 3.45. The van der Waals surface area contributed by atoms with E-state index >= 15 is 4.39 Å². The zero-order valence-electron chi connectivity index (χ0n) is 21.0. The van der Waals surface area contributed by atoms with Gasteiger partial charge in [-0.25, -0.2) is 32.2 Å². The van der Waals surface area contributed by atoms with Crippen LogP contribution < -0.4 is 10.0 Å². The average molecular weight is 544 g/mol. The molecule has 3 N–H and O–H groups in total. The van der Waals surface area contributed by atoms with Gasteiger partial charge in [0, 0.05) is 60.0 Å². The molecule has 0 unspecified atom stereocenters. The number of carbonyl (C=O) groups is 1. The number of carbonyl (C=O) groups excluding carboxylic acids is 1. The molecule has 3 heterocycles. The second-order valence-electron chi connectivity index (χ2n) is 8.88. The van der Waals surface area contributed by atoms with Crippen molar-refractivity contribution in [3.05, 3.63) is 65.7 Å². The van der Waals surface area contributed by atoms with Gasteiger partial charge in [-0.2, -0.15) is 0 Å². The number of hydrogen-bond donors (Lipinski definition) is 3. The number of benzene rings is 1. The molecule has 0 atom stereocenters. The Bertz CT molecular complexity index is 1570. The highest BCUT2D eigenvalue weighted by Crippen LogP contribution is 2.29. The minimum absolute atomic E-state index is 0.0244. The third kappa shape index (κ3) is 5.94. The molecule has 4 rings (SSSR count). The number of pyridine rings is 1. The van der Waals surface area contributed by atoms with E-state index in [1.807, 2.05) is 19.0 Å². The van der Waals surface area contributed by atoms with E-state index in [1.54, 1.807) is 31.6 Å². The Morgan fingerprint density at radius 2 is 1.79 bits per heavy atom. The maximum absolute atomic E-state index is 15.2. The van der Waals surface area contributed by atoms with Crippen LogP contribution in [0.2, 0.25) is 0 Å². The molecule has 10 nitrogen and oxygen atoms in total. The summed E-state index contributed by atoms with van der Waals surface area (Å²) in [4.78, 5) is 31.1. The number of H-pyrrole nitrogens is 1. The number of fused-ring (bicyclic) bond motifs is 1. The summed E-state index contributed by atoms with van der Waals surface area (Å²) in [7, 11) is 0.0650. The smallest absolute Gasteiger partial charge is 0.232 e. The van der Waals surface area contributed by atoms with Crippen LogP contribution in [0.4, 0.5) is 20.4 Å². The van der Waals surface area contributed by atoms with Crippen LogP contribution in [-0.2, 0) is 10.0 Å². The van der Waals surface area contributed by atoms with Crippen molar-refractivity contribution in [2.75, 3.05) is 43.0 Å².